The van der Waals surface area contributed by atoms with E-state index in [1.165, 1.54) is 13.0 Å². The Labute approximate surface area is 94.2 Å². The van der Waals surface area contributed by atoms with Gasteiger partial charge in [0.2, 0.25) is 0 Å². The summed E-state index contributed by atoms with van der Waals surface area (Å²) in [6.07, 6.45) is 2.84. The third kappa shape index (κ3) is 4.96. The molecule has 1 saturated heterocycles. The zero-order valence-corrected chi connectivity index (χ0v) is 10.5. The number of nitrogens with one attached hydrogen (secondary N) is 1. The molecule has 0 spiro atoms. The summed E-state index contributed by atoms with van der Waals surface area (Å²) in [6.45, 7) is 12.0. The number of hydrogen-bond donors (Lipinski definition) is 1. The Morgan fingerprint density at radius 2 is 2.27 bits per heavy atom. The van der Waals surface area contributed by atoms with Gasteiger partial charge in [0.1, 0.15) is 0 Å². The highest BCUT2D eigenvalue weighted by molar-refractivity contribution is 4.72. The van der Waals surface area contributed by atoms with Crippen LogP contribution in [0.1, 0.15) is 33.6 Å². The van der Waals surface area contributed by atoms with Crippen molar-refractivity contribution in [1.29, 1.82) is 0 Å². The molecule has 0 bridgehead atoms. The van der Waals surface area contributed by atoms with Crippen LogP contribution in [-0.2, 0) is 4.74 Å². The molecule has 2 atom stereocenters. The largest absolute Gasteiger partial charge is 0.376 e. The zero-order valence-electron chi connectivity index (χ0n) is 10.5. The number of nitrogens with zero attached hydrogens (tertiary/aromatic N) is 1. The molecule has 0 aromatic rings. The minimum atomic E-state index is 0.466. The summed E-state index contributed by atoms with van der Waals surface area (Å²) in [5, 5.41) is 3.45. The SMILES string of the molecule is CCNC(C)CCN1CCOC(CC)C1. The maximum absolute atomic E-state index is 5.65. The Morgan fingerprint density at radius 1 is 1.47 bits per heavy atom. The standard InChI is InChI=1S/C12H26N2O/c1-4-12-10-14(8-9-15-12)7-6-11(3)13-5-2/h11-13H,4-10H2,1-3H3. The first-order chi connectivity index (χ1) is 7.26. The van der Waals surface area contributed by atoms with Gasteiger partial charge in [-0.1, -0.05) is 13.8 Å². The molecular formula is C12H26N2O. The van der Waals surface area contributed by atoms with E-state index in [2.05, 4.69) is 31.0 Å². The molecule has 90 valence electrons. The minimum absolute atomic E-state index is 0.466. The maximum Gasteiger partial charge on any atom is 0.0700 e. The summed E-state index contributed by atoms with van der Waals surface area (Å²) in [5.74, 6) is 0. The van der Waals surface area contributed by atoms with Gasteiger partial charge in [-0.05, 0) is 32.9 Å². The second-order valence-electron chi connectivity index (χ2n) is 4.45. The molecule has 15 heavy (non-hydrogen) atoms. The van der Waals surface area contributed by atoms with E-state index in [0.29, 0.717) is 12.1 Å². The Morgan fingerprint density at radius 3 is 2.93 bits per heavy atom. The molecule has 0 aromatic heterocycles. The van der Waals surface area contributed by atoms with Crippen molar-refractivity contribution < 1.29 is 4.74 Å². The summed E-state index contributed by atoms with van der Waals surface area (Å²) >= 11 is 0. The van der Waals surface area contributed by atoms with Crippen molar-refractivity contribution in [2.45, 2.75) is 45.8 Å². The van der Waals surface area contributed by atoms with Crippen molar-refractivity contribution in [2.75, 3.05) is 32.8 Å². The maximum atomic E-state index is 5.65. The van der Waals surface area contributed by atoms with Crippen LogP contribution in [-0.4, -0.2) is 49.8 Å². The summed E-state index contributed by atoms with van der Waals surface area (Å²) in [5.41, 5.74) is 0. The number of morpholine rings is 1. The van der Waals surface area contributed by atoms with Crippen molar-refractivity contribution in [2.24, 2.45) is 0 Å². The molecule has 1 N–H and O–H groups in total. The van der Waals surface area contributed by atoms with E-state index in [-0.39, 0.29) is 0 Å². The Balaban J connectivity index is 2.14. The van der Waals surface area contributed by atoms with E-state index >= 15 is 0 Å². The van der Waals surface area contributed by atoms with Crippen LogP contribution < -0.4 is 5.32 Å². The van der Waals surface area contributed by atoms with Crippen LogP contribution in [0.4, 0.5) is 0 Å². The van der Waals surface area contributed by atoms with Gasteiger partial charge in [-0.3, -0.25) is 4.90 Å². The van der Waals surface area contributed by atoms with Crippen molar-refractivity contribution in [3.63, 3.8) is 0 Å². The van der Waals surface area contributed by atoms with E-state index < -0.39 is 0 Å². The smallest absolute Gasteiger partial charge is 0.0700 e. The molecule has 0 saturated carbocycles. The number of rotatable bonds is 6. The molecule has 1 aliphatic heterocycles. The second-order valence-corrected chi connectivity index (χ2v) is 4.45. The van der Waals surface area contributed by atoms with Crippen molar-refractivity contribution >= 4 is 0 Å². The first-order valence-corrected chi connectivity index (χ1v) is 6.33. The van der Waals surface area contributed by atoms with Crippen LogP contribution in [0.3, 0.4) is 0 Å². The van der Waals surface area contributed by atoms with Gasteiger partial charge in [-0.25, -0.2) is 0 Å². The summed E-state index contributed by atoms with van der Waals surface area (Å²) < 4.78 is 5.65. The molecule has 1 heterocycles. The summed E-state index contributed by atoms with van der Waals surface area (Å²) in [7, 11) is 0. The zero-order chi connectivity index (χ0) is 11.1. The van der Waals surface area contributed by atoms with Crippen molar-refractivity contribution in [3.05, 3.63) is 0 Å². The van der Waals surface area contributed by atoms with Crippen molar-refractivity contribution in [1.82, 2.24) is 10.2 Å². The fourth-order valence-corrected chi connectivity index (χ4v) is 2.06. The second kappa shape index (κ2) is 7.20. The molecule has 0 aromatic carbocycles. The molecule has 0 aliphatic carbocycles. The molecule has 1 aliphatic rings. The Kier molecular flexibility index (Phi) is 6.22. The van der Waals surface area contributed by atoms with E-state index in [1.807, 2.05) is 0 Å². The van der Waals surface area contributed by atoms with Gasteiger partial charge in [-0.15, -0.1) is 0 Å². The van der Waals surface area contributed by atoms with Gasteiger partial charge in [-0.2, -0.15) is 0 Å². The molecule has 2 unspecified atom stereocenters. The summed E-state index contributed by atoms with van der Waals surface area (Å²) in [4.78, 5) is 2.53. The van der Waals surface area contributed by atoms with Crippen molar-refractivity contribution in [3.8, 4) is 0 Å². The minimum Gasteiger partial charge on any atom is -0.376 e. The van der Waals surface area contributed by atoms with Crippen LogP contribution in [0.2, 0.25) is 0 Å². The average molecular weight is 214 g/mol. The predicted molar refractivity (Wildman–Crippen MR) is 64.2 cm³/mol. The fourth-order valence-electron chi connectivity index (χ4n) is 2.06. The topological polar surface area (TPSA) is 24.5 Å². The first-order valence-electron chi connectivity index (χ1n) is 6.33. The van der Waals surface area contributed by atoms with Gasteiger partial charge in [0.15, 0.2) is 0 Å². The molecule has 0 amide bonds. The van der Waals surface area contributed by atoms with E-state index in [9.17, 15) is 0 Å². The highest BCUT2D eigenvalue weighted by atomic mass is 16.5. The molecule has 3 heteroatoms. The van der Waals surface area contributed by atoms with Crippen LogP contribution in [0.25, 0.3) is 0 Å². The summed E-state index contributed by atoms with van der Waals surface area (Å²) in [6, 6.07) is 0.637. The van der Waals surface area contributed by atoms with E-state index in [1.54, 1.807) is 0 Å². The lowest BCUT2D eigenvalue weighted by Crippen LogP contribution is -2.43. The van der Waals surface area contributed by atoms with Crippen LogP contribution in [0, 0.1) is 0 Å². The fraction of sp³-hybridized carbons (Fsp3) is 1.00. The first kappa shape index (κ1) is 12.9. The third-order valence-electron chi connectivity index (χ3n) is 3.11. The Hall–Kier alpha value is -0.120. The van der Waals surface area contributed by atoms with Gasteiger partial charge >= 0.3 is 0 Å². The number of hydrogen-bond acceptors (Lipinski definition) is 3. The van der Waals surface area contributed by atoms with Crippen LogP contribution in [0.5, 0.6) is 0 Å². The van der Waals surface area contributed by atoms with Gasteiger partial charge in [0.25, 0.3) is 0 Å². The molecule has 3 nitrogen and oxygen atoms in total. The lowest BCUT2D eigenvalue weighted by Gasteiger charge is -2.33. The lowest BCUT2D eigenvalue weighted by molar-refractivity contribution is -0.0303. The average Bonchev–Trinajstić information content (AvgIpc) is 2.27. The predicted octanol–water partition coefficient (Wildman–Crippen LogP) is 1.49. The van der Waals surface area contributed by atoms with Crippen LogP contribution in [0.15, 0.2) is 0 Å². The monoisotopic (exact) mass is 214 g/mol. The third-order valence-corrected chi connectivity index (χ3v) is 3.11. The molecule has 1 fully saturated rings. The molecular weight excluding hydrogens is 188 g/mol. The van der Waals surface area contributed by atoms with Crippen LogP contribution >= 0.6 is 0 Å². The highest BCUT2D eigenvalue weighted by Gasteiger charge is 2.18. The quantitative estimate of drug-likeness (QED) is 0.725. The van der Waals surface area contributed by atoms with Gasteiger partial charge in [0, 0.05) is 19.1 Å². The van der Waals surface area contributed by atoms with E-state index in [0.717, 1.165) is 32.7 Å². The molecule has 0 radical (unpaired) electrons. The van der Waals surface area contributed by atoms with E-state index in [4.69, 9.17) is 4.74 Å². The lowest BCUT2D eigenvalue weighted by atomic mass is 10.2. The molecule has 1 rings (SSSR count). The van der Waals surface area contributed by atoms with Gasteiger partial charge in [0.05, 0.1) is 12.7 Å². The van der Waals surface area contributed by atoms with Gasteiger partial charge < -0.3 is 10.1 Å². The highest BCUT2D eigenvalue weighted by Crippen LogP contribution is 2.08. The number of ether oxygens (including phenoxy) is 1. The Bertz CT molecular complexity index is 164. The normalized spacial score (nSPS) is 25.4.